The molecule has 3 aliphatic rings. The highest BCUT2D eigenvalue weighted by atomic mass is 32.1. The molecule has 1 aromatic heterocycles. The van der Waals surface area contributed by atoms with Gasteiger partial charge in [-0.15, -0.1) is 11.3 Å². The van der Waals surface area contributed by atoms with E-state index in [9.17, 15) is 4.79 Å². The van der Waals surface area contributed by atoms with E-state index in [1.54, 1.807) is 11.3 Å². The Labute approximate surface area is 171 Å². The fraction of sp³-hybridized carbons (Fsp3) is 0.565. The molecule has 3 saturated heterocycles. The number of hydrogen-bond donors (Lipinski definition) is 0. The summed E-state index contributed by atoms with van der Waals surface area (Å²) in [5.74, 6) is 1.26. The first-order valence-electron chi connectivity index (χ1n) is 10.6. The molecule has 1 spiro atoms. The van der Waals surface area contributed by atoms with E-state index in [1.807, 2.05) is 0 Å². The third-order valence-corrected chi connectivity index (χ3v) is 8.13. The van der Waals surface area contributed by atoms with Crippen molar-refractivity contribution in [3.63, 3.8) is 0 Å². The van der Waals surface area contributed by atoms with Crippen LogP contribution in [0.25, 0.3) is 0 Å². The molecule has 3 fully saturated rings. The van der Waals surface area contributed by atoms with Crippen LogP contribution in [-0.2, 0) is 11.3 Å². The minimum atomic E-state index is -0.267. The van der Waals surface area contributed by atoms with Gasteiger partial charge in [-0.2, -0.15) is 0 Å². The number of benzene rings is 1. The Balaban J connectivity index is 1.41. The van der Waals surface area contributed by atoms with Gasteiger partial charge in [-0.25, -0.2) is 4.98 Å². The van der Waals surface area contributed by atoms with Crippen LogP contribution in [0.1, 0.15) is 66.9 Å². The summed E-state index contributed by atoms with van der Waals surface area (Å²) in [6.07, 6.45) is 3.21. The van der Waals surface area contributed by atoms with E-state index in [0.717, 1.165) is 38.9 Å². The Morgan fingerprint density at radius 2 is 2.14 bits per heavy atom. The fourth-order valence-electron chi connectivity index (χ4n) is 5.66. The van der Waals surface area contributed by atoms with Crippen molar-refractivity contribution < 1.29 is 4.79 Å². The molecule has 0 unspecified atom stereocenters. The Hall–Kier alpha value is -1.72. The quantitative estimate of drug-likeness (QED) is 0.764. The highest BCUT2D eigenvalue weighted by molar-refractivity contribution is 7.09. The number of hydrogen-bond acceptors (Lipinski definition) is 4. The fourth-order valence-corrected chi connectivity index (χ4v) is 6.77. The average Bonchev–Trinajstić information content (AvgIpc) is 3.40. The van der Waals surface area contributed by atoms with E-state index in [-0.39, 0.29) is 5.54 Å². The van der Waals surface area contributed by atoms with Crippen LogP contribution in [0.15, 0.2) is 29.6 Å². The summed E-state index contributed by atoms with van der Waals surface area (Å²) in [5, 5.41) is 3.43. The lowest BCUT2D eigenvalue weighted by Crippen LogP contribution is -2.49. The van der Waals surface area contributed by atoms with E-state index in [4.69, 9.17) is 4.98 Å². The van der Waals surface area contributed by atoms with Gasteiger partial charge >= 0.3 is 0 Å². The first-order valence-corrected chi connectivity index (χ1v) is 11.4. The van der Waals surface area contributed by atoms with Crippen LogP contribution in [0.2, 0.25) is 0 Å². The van der Waals surface area contributed by atoms with Gasteiger partial charge in [0.2, 0.25) is 5.91 Å². The number of likely N-dealkylation sites (tertiary alicyclic amines) is 1. The molecule has 0 N–H and O–H groups in total. The van der Waals surface area contributed by atoms with E-state index in [2.05, 4.69) is 60.2 Å². The average molecular weight is 396 g/mol. The number of carbonyl (C=O) groups is 1. The van der Waals surface area contributed by atoms with E-state index < -0.39 is 0 Å². The molecular formula is C23H29N3OS. The molecule has 3 atom stereocenters. The Morgan fingerprint density at radius 3 is 2.89 bits per heavy atom. The van der Waals surface area contributed by atoms with Crippen LogP contribution in [0.4, 0.5) is 0 Å². The number of carbonyl (C=O) groups excluding carboxylic acids is 1. The van der Waals surface area contributed by atoms with Crippen molar-refractivity contribution in [1.29, 1.82) is 0 Å². The third kappa shape index (κ3) is 2.59. The Kier molecular flexibility index (Phi) is 4.36. The van der Waals surface area contributed by atoms with Crippen LogP contribution >= 0.6 is 11.3 Å². The zero-order valence-corrected chi connectivity index (χ0v) is 17.8. The minimum Gasteiger partial charge on any atom is -0.336 e. The highest BCUT2D eigenvalue weighted by Crippen LogP contribution is 2.56. The standard InChI is InChI=1S/C23H29N3OS/c1-15(2)19-14-28-21(24-19)20-11-18-13-25(12-17-8-5-4-7-16(17)3)22(27)23(18)9-6-10-26(20)23/h4-5,7-8,14-15,18,20H,6,9-13H2,1-3H3/t18-,20-,23-/m0/s1. The van der Waals surface area contributed by atoms with Crippen LogP contribution < -0.4 is 0 Å². The van der Waals surface area contributed by atoms with Crippen LogP contribution in [0.3, 0.4) is 0 Å². The molecule has 5 rings (SSSR count). The summed E-state index contributed by atoms with van der Waals surface area (Å²) in [5.41, 5.74) is 3.47. The molecular weight excluding hydrogens is 366 g/mol. The van der Waals surface area contributed by atoms with Crippen molar-refractivity contribution in [1.82, 2.24) is 14.8 Å². The van der Waals surface area contributed by atoms with Crippen molar-refractivity contribution in [2.45, 2.75) is 64.1 Å². The summed E-state index contributed by atoms with van der Waals surface area (Å²) in [6.45, 7) is 9.21. The lowest BCUT2D eigenvalue weighted by atomic mass is 9.86. The molecule has 4 nitrogen and oxygen atoms in total. The number of nitrogens with zero attached hydrogens (tertiary/aromatic N) is 3. The van der Waals surface area contributed by atoms with Gasteiger partial charge in [-0.3, -0.25) is 9.69 Å². The maximum atomic E-state index is 13.7. The number of aryl methyl sites for hydroxylation is 1. The lowest BCUT2D eigenvalue weighted by Gasteiger charge is -2.33. The van der Waals surface area contributed by atoms with E-state index in [0.29, 0.717) is 23.8 Å². The van der Waals surface area contributed by atoms with Gasteiger partial charge in [-0.05, 0) is 49.8 Å². The normalized spacial score (nSPS) is 29.7. The molecule has 1 aromatic carbocycles. The van der Waals surface area contributed by atoms with Crippen molar-refractivity contribution in [3.05, 3.63) is 51.5 Å². The smallest absolute Gasteiger partial charge is 0.243 e. The van der Waals surface area contributed by atoms with E-state index in [1.165, 1.54) is 21.8 Å². The molecule has 28 heavy (non-hydrogen) atoms. The molecule has 0 saturated carbocycles. The second kappa shape index (κ2) is 6.67. The zero-order chi connectivity index (χ0) is 19.5. The Bertz CT molecular complexity index is 907. The second-order valence-electron chi connectivity index (χ2n) is 9.05. The predicted molar refractivity (Wildman–Crippen MR) is 112 cm³/mol. The molecule has 3 aliphatic heterocycles. The third-order valence-electron chi connectivity index (χ3n) is 7.17. The largest absolute Gasteiger partial charge is 0.336 e. The van der Waals surface area contributed by atoms with Crippen molar-refractivity contribution in [2.75, 3.05) is 13.1 Å². The van der Waals surface area contributed by atoms with Crippen molar-refractivity contribution >= 4 is 17.2 Å². The van der Waals surface area contributed by atoms with Crippen LogP contribution in [-0.4, -0.2) is 39.3 Å². The number of aromatic nitrogens is 1. The van der Waals surface area contributed by atoms with Crippen LogP contribution in [0, 0.1) is 12.8 Å². The van der Waals surface area contributed by atoms with Gasteiger partial charge in [0.25, 0.3) is 0 Å². The predicted octanol–water partition coefficient (Wildman–Crippen LogP) is 4.51. The minimum absolute atomic E-state index is 0.267. The van der Waals surface area contributed by atoms with Gasteiger partial charge in [0.15, 0.2) is 0 Å². The molecule has 2 aromatic rings. The van der Waals surface area contributed by atoms with Gasteiger partial charge in [-0.1, -0.05) is 38.1 Å². The Morgan fingerprint density at radius 1 is 1.32 bits per heavy atom. The van der Waals surface area contributed by atoms with E-state index >= 15 is 0 Å². The first-order chi connectivity index (χ1) is 13.5. The maximum Gasteiger partial charge on any atom is 0.243 e. The molecule has 148 valence electrons. The highest BCUT2D eigenvalue weighted by Gasteiger charge is 2.65. The molecule has 0 bridgehead atoms. The van der Waals surface area contributed by atoms with Gasteiger partial charge in [0.1, 0.15) is 10.5 Å². The van der Waals surface area contributed by atoms with Crippen molar-refractivity contribution in [3.8, 4) is 0 Å². The first kappa shape index (κ1) is 18.3. The van der Waals surface area contributed by atoms with Crippen LogP contribution in [0.5, 0.6) is 0 Å². The second-order valence-corrected chi connectivity index (χ2v) is 9.94. The number of thiazole rings is 1. The molecule has 5 heteroatoms. The molecule has 0 radical (unpaired) electrons. The van der Waals surface area contributed by atoms with Crippen molar-refractivity contribution in [2.24, 2.45) is 5.92 Å². The zero-order valence-electron chi connectivity index (χ0n) is 17.0. The molecule has 4 heterocycles. The number of amides is 1. The summed E-state index contributed by atoms with van der Waals surface area (Å²) in [7, 11) is 0. The molecule has 0 aliphatic carbocycles. The summed E-state index contributed by atoms with van der Waals surface area (Å²) in [4.78, 5) is 23.3. The maximum absolute atomic E-state index is 13.7. The topological polar surface area (TPSA) is 36.4 Å². The molecule has 1 amide bonds. The summed E-state index contributed by atoms with van der Waals surface area (Å²) in [6, 6.07) is 8.78. The SMILES string of the molecule is Cc1ccccc1CN1C[C@@H]2C[C@@H](c3nc(C(C)C)cs3)N3CCC[C@@]23C1=O. The van der Waals surface area contributed by atoms with Gasteiger partial charge in [0.05, 0.1) is 11.7 Å². The van der Waals surface area contributed by atoms with Gasteiger partial charge in [0, 0.05) is 24.4 Å². The summed E-state index contributed by atoms with van der Waals surface area (Å²) < 4.78 is 0. The summed E-state index contributed by atoms with van der Waals surface area (Å²) >= 11 is 1.79. The van der Waals surface area contributed by atoms with Gasteiger partial charge < -0.3 is 4.90 Å². The monoisotopic (exact) mass is 395 g/mol. The number of rotatable bonds is 4. The lowest BCUT2D eigenvalue weighted by molar-refractivity contribution is -0.137.